The van der Waals surface area contributed by atoms with Gasteiger partial charge in [0.25, 0.3) is 0 Å². The minimum Gasteiger partial charge on any atom is -0.343 e. The monoisotopic (exact) mass is 152 g/mol. The van der Waals surface area contributed by atoms with Gasteiger partial charge >= 0.3 is 0 Å². The molecule has 2 rings (SSSR count). The number of aromatic nitrogens is 2. The molecule has 0 spiro atoms. The van der Waals surface area contributed by atoms with Crippen LogP contribution in [0.25, 0.3) is 0 Å². The highest BCUT2D eigenvalue weighted by molar-refractivity contribution is 5.84. The van der Waals surface area contributed by atoms with Crippen molar-refractivity contribution in [2.45, 2.75) is 19.3 Å². The first kappa shape index (κ1) is 6.52. The van der Waals surface area contributed by atoms with Gasteiger partial charge in [0.15, 0.2) is 5.82 Å². The van der Waals surface area contributed by atoms with Crippen LogP contribution in [0.2, 0.25) is 0 Å². The molecule has 1 aliphatic rings. The summed E-state index contributed by atoms with van der Waals surface area (Å²) in [7, 11) is 0. The summed E-state index contributed by atoms with van der Waals surface area (Å²) in [6.07, 6.45) is 3.47. The Morgan fingerprint density at radius 3 is 3.00 bits per heavy atom. The van der Waals surface area contributed by atoms with Gasteiger partial charge in [0, 0.05) is 19.3 Å². The Hall–Kier alpha value is -1.19. The summed E-state index contributed by atoms with van der Waals surface area (Å²) < 4.78 is 4.56. The first-order valence-electron chi connectivity index (χ1n) is 3.61. The number of rotatable bonds is 2. The second-order valence-corrected chi connectivity index (χ2v) is 2.86. The predicted octanol–water partition coefficient (Wildman–Crippen LogP) is 0.591. The van der Waals surface area contributed by atoms with E-state index in [-0.39, 0.29) is 0 Å². The molecule has 0 N–H and O–H groups in total. The average Bonchev–Trinajstić information content (AvgIpc) is 2.36. The standard InChI is InChI=1S/C7H8N2O2/c10-6-1-5(2-6)3-7-8-4-11-9-7/h4-5H,1-3H2. The third-order valence-electron chi connectivity index (χ3n) is 1.91. The van der Waals surface area contributed by atoms with Crippen LogP contribution >= 0.6 is 0 Å². The van der Waals surface area contributed by atoms with Crippen LogP contribution in [0.3, 0.4) is 0 Å². The molecule has 11 heavy (non-hydrogen) atoms. The van der Waals surface area contributed by atoms with Gasteiger partial charge in [-0.05, 0) is 5.92 Å². The Balaban J connectivity index is 1.88. The predicted molar refractivity (Wildman–Crippen MR) is 35.7 cm³/mol. The lowest BCUT2D eigenvalue weighted by atomic mass is 9.81. The molecule has 0 saturated heterocycles. The highest BCUT2D eigenvalue weighted by atomic mass is 16.5. The largest absolute Gasteiger partial charge is 0.343 e. The fourth-order valence-corrected chi connectivity index (χ4v) is 1.27. The molecule has 58 valence electrons. The first-order chi connectivity index (χ1) is 5.34. The molecule has 1 aromatic rings. The van der Waals surface area contributed by atoms with Crippen LogP contribution in [0.1, 0.15) is 18.7 Å². The maximum Gasteiger partial charge on any atom is 0.213 e. The van der Waals surface area contributed by atoms with Gasteiger partial charge in [0.05, 0.1) is 0 Å². The lowest BCUT2D eigenvalue weighted by Crippen LogP contribution is -2.25. The van der Waals surface area contributed by atoms with E-state index in [1.165, 1.54) is 6.39 Å². The maximum atomic E-state index is 10.6. The van der Waals surface area contributed by atoms with Crippen molar-refractivity contribution < 1.29 is 9.32 Å². The number of ketones is 1. The van der Waals surface area contributed by atoms with Crippen molar-refractivity contribution >= 4 is 5.78 Å². The molecule has 0 unspecified atom stereocenters. The molecule has 1 heterocycles. The molecule has 0 amide bonds. The second-order valence-electron chi connectivity index (χ2n) is 2.86. The normalized spacial score (nSPS) is 18.4. The van der Waals surface area contributed by atoms with Crippen LogP contribution < -0.4 is 0 Å². The molecule has 1 aliphatic carbocycles. The van der Waals surface area contributed by atoms with Crippen LogP contribution in [-0.2, 0) is 11.2 Å². The van der Waals surface area contributed by atoms with Gasteiger partial charge in [-0.15, -0.1) is 0 Å². The zero-order chi connectivity index (χ0) is 7.68. The Morgan fingerprint density at radius 2 is 2.45 bits per heavy atom. The number of hydrogen-bond acceptors (Lipinski definition) is 4. The lowest BCUT2D eigenvalue weighted by Gasteiger charge is -2.21. The summed E-state index contributed by atoms with van der Waals surface area (Å²) in [4.78, 5) is 14.4. The molecular formula is C7H8N2O2. The maximum absolute atomic E-state index is 10.6. The molecule has 0 aromatic carbocycles. The van der Waals surface area contributed by atoms with Gasteiger partial charge in [-0.1, -0.05) is 5.16 Å². The Bertz CT molecular complexity index is 247. The molecule has 1 aromatic heterocycles. The van der Waals surface area contributed by atoms with Gasteiger partial charge in [0.1, 0.15) is 5.78 Å². The minimum absolute atomic E-state index is 0.346. The van der Waals surface area contributed by atoms with E-state index in [9.17, 15) is 4.79 Å². The van der Waals surface area contributed by atoms with E-state index in [4.69, 9.17) is 0 Å². The van der Waals surface area contributed by atoms with Crippen LogP contribution in [0, 0.1) is 5.92 Å². The quantitative estimate of drug-likeness (QED) is 0.622. The number of hydrogen-bond donors (Lipinski definition) is 0. The summed E-state index contributed by atoms with van der Waals surface area (Å²) in [6, 6.07) is 0. The van der Waals surface area contributed by atoms with Crippen molar-refractivity contribution in [3.05, 3.63) is 12.2 Å². The second kappa shape index (κ2) is 2.45. The molecule has 0 bridgehead atoms. The number of carbonyl (C=O) groups excluding carboxylic acids is 1. The van der Waals surface area contributed by atoms with Crippen molar-refractivity contribution in [1.29, 1.82) is 0 Å². The molecule has 4 nitrogen and oxygen atoms in total. The van der Waals surface area contributed by atoms with E-state index in [1.54, 1.807) is 0 Å². The Morgan fingerprint density at radius 1 is 1.64 bits per heavy atom. The van der Waals surface area contributed by atoms with Gasteiger partial charge in [-0.3, -0.25) is 4.79 Å². The van der Waals surface area contributed by atoms with Crippen LogP contribution in [0.15, 0.2) is 10.9 Å². The Labute approximate surface area is 63.6 Å². The molecule has 4 heteroatoms. The van der Waals surface area contributed by atoms with Crippen molar-refractivity contribution in [2.24, 2.45) is 5.92 Å². The Kier molecular flexibility index (Phi) is 1.45. The van der Waals surface area contributed by atoms with Crippen LogP contribution in [0.5, 0.6) is 0 Å². The van der Waals surface area contributed by atoms with Crippen molar-refractivity contribution in [3.8, 4) is 0 Å². The van der Waals surface area contributed by atoms with E-state index in [1.807, 2.05) is 0 Å². The topological polar surface area (TPSA) is 56.0 Å². The number of Topliss-reactive ketones (excluding diaryl/α,β-unsaturated/α-hetero) is 1. The van der Waals surface area contributed by atoms with E-state index in [0.29, 0.717) is 30.4 Å². The first-order valence-corrected chi connectivity index (χ1v) is 3.61. The van der Waals surface area contributed by atoms with Crippen molar-refractivity contribution in [1.82, 2.24) is 10.1 Å². The van der Waals surface area contributed by atoms with Crippen LogP contribution in [0.4, 0.5) is 0 Å². The van der Waals surface area contributed by atoms with E-state index < -0.39 is 0 Å². The SMILES string of the molecule is O=C1CC(Cc2ncon2)C1. The van der Waals surface area contributed by atoms with Crippen molar-refractivity contribution in [3.63, 3.8) is 0 Å². The van der Waals surface area contributed by atoms with Gasteiger partial charge in [0.2, 0.25) is 6.39 Å². The fourth-order valence-electron chi connectivity index (χ4n) is 1.27. The summed E-state index contributed by atoms with van der Waals surface area (Å²) in [6.45, 7) is 0. The third-order valence-corrected chi connectivity index (χ3v) is 1.91. The summed E-state index contributed by atoms with van der Waals surface area (Å²) in [5, 5.41) is 3.67. The number of carbonyl (C=O) groups is 1. The summed E-state index contributed by atoms with van der Waals surface area (Å²) in [5.74, 6) is 1.51. The fraction of sp³-hybridized carbons (Fsp3) is 0.571. The molecule has 1 saturated carbocycles. The smallest absolute Gasteiger partial charge is 0.213 e. The van der Waals surface area contributed by atoms with Gasteiger partial charge in [-0.25, -0.2) is 0 Å². The molecule has 0 aliphatic heterocycles. The third kappa shape index (κ3) is 1.29. The summed E-state index contributed by atoms with van der Waals surface area (Å²) in [5.41, 5.74) is 0. The van der Waals surface area contributed by atoms with E-state index >= 15 is 0 Å². The molecular weight excluding hydrogens is 144 g/mol. The lowest BCUT2D eigenvalue weighted by molar-refractivity contribution is -0.126. The van der Waals surface area contributed by atoms with Crippen LogP contribution in [-0.4, -0.2) is 15.9 Å². The van der Waals surface area contributed by atoms with E-state index in [2.05, 4.69) is 14.7 Å². The highest BCUT2D eigenvalue weighted by Crippen LogP contribution is 2.25. The molecule has 1 fully saturated rings. The molecule has 0 atom stereocenters. The highest BCUT2D eigenvalue weighted by Gasteiger charge is 2.27. The van der Waals surface area contributed by atoms with Gasteiger partial charge in [-0.2, -0.15) is 4.98 Å². The zero-order valence-corrected chi connectivity index (χ0v) is 5.99. The van der Waals surface area contributed by atoms with E-state index in [0.717, 1.165) is 6.42 Å². The minimum atomic E-state index is 0.346. The van der Waals surface area contributed by atoms with Gasteiger partial charge < -0.3 is 4.52 Å². The van der Waals surface area contributed by atoms with Crippen molar-refractivity contribution in [2.75, 3.05) is 0 Å². The summed E-state index contributed by atoms with van der Waals surface area (Å²) >= 11 is 0. The average molecular weight is 152 g/mol. The molecule has 0 radical (unpaired) electrons. The number of nitrogens with zero attached hydrogens (tertiary/aromatic N) is 2. The zero-order valence-electron chi connectivity index (χ0n) is 5.99.